The minimum atomic E-state index is -0.697. The van der Waals surface area contributed by atoms with E-state index in [-0.39, 0.29) is 22.9 Å². The van der Waals surface area contributed by atoms with Crippen LogP contribution in [0, 0.1) is 12.8 Å². The maximum Gasteiger partial charge on any atom is 0.313 e. The van der Waals surface area contributed by atoms with Crippen LogP contribution in [-0.2, 0) is 16.6 Å². The first-order chi connectivity index (χ1) is 14.4. The fraction of sp³-hybridized carbons (Fsp3) is 0.364. The number of nitrogens with one attached hydrogen (secondary N) is 2. The van der Waals surface area contributed by atoms with E-state index in [1.165, 1.54) is 4.57 Å². The zero-order valence-electron chi connectivity index (χ0n) is 17.2. The number of rotatable bonds is 4. The molecule has 3 rings (SSSR count). The van der Waals surface area contributed by atoms with Gasteiger partial charge in [-0.3, -0.25) is 19.2 Å². The van der Waals surface area contributed by atoms with E-state index in [9.17, 15) is 19.2 Å². The van der Waals surface area contributed by atoms with Crippen LogP contribution in [0.5, 0.6) is 0 Å². The van der Waals surface area contributed by atoms with E-state index in [0.29, 0.717) is 38.2 Å². The lowest BCUT2D eigenvalue weighted by atomic mass is 9.96. The minimum absolute atomic E-state index is 0.166. The van der Waals surface area contributed by atoms with E-state index in [4.69, 9.17) is 0 Å². The van der Waals surface area contributed by atoms with E-state index in [2.05, 4.69) is 10.6 Å². The fourth-order valence-corrected chi connectivity index (χ4v) is 3.48. The molecule has 3 amide bonds. The number of piperidine rings is 1. The number of aromatic nitrogens is 1. The molecule has 2 N–H and O–H groups in total. The maximum absolute atomic E-state index is 12.6. The first kappa shape index (κ1) is 21.3. The van der Waals surface area contributed by atoms with Crippen molar-refractivity contribution in [1.82, 2.24) is 14.8 Å². The molecule has 8 heteroatoms. The van der Waals surface area contributed by atoms with Gasteiger partial charge in [-0.15, -0.1) is 0 Å². The summed E-state index contributed by atoms with van der Waals surface area (Å²) in [6, 6.07) is 10.5. The molecule has 0 spiro atoms. The Hall–Kier alpha value is -3.42. The van der Waals surface area contributed by atoms with Crippen LogP contribution >= 0.6 is 0 Å². The predicted octanol–water partition coefficient (Wildman–Crippen LogP) is 1.30. The second kappa shape index (κ2) is 9.39. The molecule has 0 radical (unpaired) electrons. The molecule has 1 aromatic carbocycles. The molecule has 0 unspecified atom stereocenters. The van der Waals surface area contributed by atoms with E-state index in [1.54, 1.807) is 42.4 Å². The Morgan fingerprint density at radius 1 is 1.03 bits per heavy atom. The first-order valence-electron chi connectivity index (χ1n) is 9.96. The van der Waals surface area contributed by atoms with Crippen LogP contribution in [0.15, 0.2) is 47.4 Å². The monoisotopic (exact) mass is 410 g/mol. The highest BCUT2D eigenvalue weighted by Crippen LogP contribution is 2.18. The SMILES string of the molecule is Cc1ccccc1NC(=O)C(=O)NCC1CCN(C(=O)c2cccn(C)c2=O)CC1. The molecule has 2 heterocycles. The predicted molar refractivity (Wildman–Crippen MR) is 113 cm³/mol. The van der Waals surface area contributed by atoms with E-state index >= 15 is 0 Å². The van der Waals surface area contributed by atoms with Crippen molar-refractivity contribution in [2.75, 3.05) is 25.0 Å². The molecule has 2 aromatic rings. The number of anilines is 1. The normalized spacial score (nSPS) is 14.3. The fourth-order valence-electron chi connectivity index (χ4n) is 3.48. The van der Waals surface area contributed by atoms with Crippen LogP contribution in [0.25, 0.3) is 0 Å². The molecule has 1 fully saturated rings. The number of likely N-dealkylation sites (tertiary alicyclic amines) is 1. The van der Waals surface area contributed by atoms with E-state index in [1.807, 2.05) is 19.1 Å². The Bertz CT molecular complexity index is 1010. The summed E-state index contributed by atoms with van der Waals surface area (Å²) in [7, 11) is 1.61. The van der Waals surface area contributed by atoms with Crippen molar-refractivity contribution in [2.45, 2.75) is 19.8 Å². The average molecular weight is 410 g/mol. The summed E-state index contributed by atoms with van der Waals surface area (Å²) >= 11 is 0. The summed E-state index contributed by atoms with van der Waals surface area (Å²) in [6.07, 6.45) is 3.00. The molecule has 8 nitrogen and oxygen atoms in total. The lowest BCUT2D eigenvalue weighted by Gasteiger charge is -2.32. The van der Waals surface area contributed by atoms with Gasteiger partial charge in [-0.2, -0.15) is 0 Å². The molecule has 30 heavy (non-hydrogen) atoms. The van der Waals surface area contributed by atoms with E-state index < -0.39 is 11.8 Å². The third kappa shape index (κ3) is 4.94. The molecule has 0 atom stereocenters. The summed E-state index contributed by atoms with van der Waals surface area (Å²) in [6.45, 7) is 3.24. The van der Waals surface area contributed by atoms with E-state index in [0.717, 1.165) is 5.56 Å². The topological polar surface area (TPSA) is 101 Å². The second-order valence-electron chi connectivity index (χ2n) is 7.55. The van der Waals surface area contributed by atoms with Gasteiger partial charge in [-0.25, -0.2) is 0 Å². The van der Waals surface area contributed by atoms with Gasteiger partial charge in [0.05, 0.1) is 0 Å². The van der Waals surface area contributed by atoms with Crippen molar-refractivity contribution in [2.24, 2.45) is 13.0 Å². The highest BCUT2D eigenvalue weighted by atomic mass is 16.2. The summed E-state index contributed by atoms with van der Waals surface area (Å²) in [5, 5.41) is 5.29. The Labute approximate surface area is 174 Å². The van der Waals surface area contributed by atoms with Crippen molar-refractivity contribution < 1.29 is 14.4 Å². The van der Waals surface area contributed by atoms with Crippen LogP contribution in [0.4, 0.5) is 5.69 Å². The molecule has 0 aliphatic carbocycles. The number of benzene rings is 1. The number of carbonyl (C=O) groups excluding carboxylic acids is 3. The van der Waals surface area contributed by atoms with Crippen molar-refractivity contribution in [1.29, 1.82) is 0 Å². The van der Waals surface area contributed by atoms with Gasteiger partial charge in [0.15, 0.2) is 0 Å². The maximum atomic E-state index is 12.6. The third-order valence-electron chi connectivity index (χ3n) is 5.41. The summed E-state index contributed by atoms with van der Waals surface area (Å²) in [5.74, 6) is -1.47. The summed E-state index contributed by atoms with van der Waals surface area (Å²) in [5.41, 5.74) is 1.34. The standard InChI is InChI=1S/C22H26N4O4/c1-15-6-3-4-8-18(15)24-20(28)19(27)23-14-16-9-12-26(13-10-16)22(30)17-7-5-11-25(2)21(17)29/h3-8,11,16H,9-10,12-14H2,1-2H3,(H,23,27)(H,24,28). The lowest BCUT2D eigenvalue weighted by molar-refractivity contribution is -0.136. The molecule has 0 saturated carbocycles. The number of aryl methyl sites for hydroxylation is 2. The van der Waals surface area contributed by atoms with Gasteiger partial charge in [0, 0.05) is 38.6 Å². The van der Waals surface area contributed by atoms with Gasteiger partial charge >= 0.3 is 11.8 Å². The van der Waals surface area contributed by atoms with Crippen molar-refractivity contribution in [3.05, 3.63) is 64.1 Å². The number of hydrogen-bond donors (Lipinski definition) is 2. The average Bonchev–Trinajstić information content (AvgIpc) is 2.75. The van der Waals surface area contributed by atoms with Gasteiger partial charge in [0.1, 0.15) is 5.56 Å². The number of amides is 3. The largest absolute Gasteiger partial charge is 0.348 e. The molecule has 1 aliphatic rings. The first-order valence-corrected chi connectivity index (χ1v) is 9.96. The molecular formula is C22H26N4O4. The third-order valence-corrected chi connectivity index (χ3v) is 5.41. The Morgan fingerprint density at radius 3 is 2.43 bits per heavy atom. The summed E-state index contributed by atoms with van der Waals surface area (Å²) in [4.78, 5) is 50.6. The van der Waals surface area contributed by atoms with Crippen LogP contribution in [0.3, 0.4) is 0 Å². The number of pyridine rings is 1. The van der Waals surface area contributed by atoms with Gasteiger partial charge < -0.3 is 20.1 Å². The molecule has 158 valence electrons. The Morgan fingerprint density at radius 2 is 1.73 bits per heavy atom. The molecule has 1 aromatic heterocycles. The minimum Gasteiger partial charge on any atom is -0.348 e. The molecule has 1 aliphatic heterocycles. The van der Waals surface area contributed by atoms with Crippen molar-refractivity contribution in [3.63, 3.8) is 0 Å². The van der Waals surface area contributed by atoms with Gasteiger partial charge in [0.2, 0.25) is 0 Å². The molecular weight excluding hydrogens is 384 g/mol. The van der Waals surface area contributed by atoms with Crippen LogP contribution in [0.2, 0.25) is 0 Å². The number of hydrogen-bond acceptors (Lipinski definition) is 4. The van der Waals surface area contributed by atoms with Gasteiger partial charge in [0.25, 0.3) is 11.5 Å². The Kier molecular flexibility index (Phi) is 6.66. The van der Waals surface area contributed by atoms with Crippen LogP contribution < -0.4 is 16.2 Å². The smallest absolute Gasteiger partial charge is 0.313 e. The zero-order chi connectivity index (χ0) is 21.7. The van der Waals surface area contributed by atoms with Crippen LogP contribution in [0.1, 0.15) is 28.8 Å². The zero-order valence-corrected chi connectivity index (χ0v) is 17.2. The molecule has 0 bridgehead atoms. The number of carbonyl (C=O) groups is 3. The highest BCUT2D eigenvalue weighted by molar-refractivity contribution is 6.39. The van der Waals surface area contributed by atoms with Crippen LogP contribution in [-0.4, -0.2) is 46.8 Å². The summed E-state index contributed by atoms with van der Waals surface area (Å²) < 4.78 is 1.39. The number of para-hydroxylation sites is 1. The number of nitrogens with zero attached hydrogens (tertiary/aromatic N) is 2. The van der Waals surface area contributed by atoms with Gasteiger partial charge in [-0.05, 0) is 49.4 Å². The lowest BCUT2D eigenvalue weighted by Crippen LogP contribution is -2.44. The van der Waals surface area contributed by atoms with Crippen molar-refractivity contribution in [3.8, 4) is 0 Å². The Balaban J connectivity index is 1.46. The second-order valence-corrected chi connectivity index (χ2v) is 7.55. The molecule has 1 saturated heterocycles. The highest BCUT2D eigenvalue weighted by Gasteiger charge is 2.26. The van der Waals surface area contributed by atoms with Crippen molar-refractivity contribution >= 4 is 23.4 Å². The quantitative estimate of drug-likeness (QED) is 0.742. The van der Waals surface area contributed by atoms with Gasteiger partial charge in [-0.1, -0.05) is 18.2 Å².